The Morgan fingerprint density at radius 1 is 1.32 bits per heavy atom. The lowest BCUT2D eigenvalue weighted by Crippen LogP contribution is -2.37. The first-order valence-corrected chi connectivity index (χ1v) is 7.18. The zero-order valence-corrected chi connectivity index (χ0v) is 11.3. The van der Waals surface area contributed by atoms with E-state index in [1.54, 1.807) is 0 Å². The van der Waals surface area contributed by atoms with E-state index in [1.165, 1.54) is 29.7 Å². The highest BCUT2D eigenvalue weighted by atomic mass is 16.6. The van der Waals surface area contributed by atoms with Crippen molar-refractivity contribution in [1.29, 1.82) is 0 Å². The Morgan fingerprint density at radius 3 is 3.21 bits per heavy atom. The molecule has 0 radical (unpaired) electrons. The summed E-state index contributed by atoms with van der Waals surface area (Å²) >= 11 is 0. The summed E-state index contributed by atoms with van der Waals surface area (Å²) in [5.41, 5.74) is 4.14. The van der Waals surface area contributed by atoms with Crippen molar-refractivity contribution < 1.29 is 9.47 Å². The van der Waals surface area contributed by atoms with E-state index in [9.17, 15) is 0 Å². The van der Waals surface area contributed by atoms with Gasteiger partial charge in [0.05, 0.1) is 25.9 Å². The Labute approximate surface area is 114 Å². The third-order valence-electron chi connectivity index (χ3n) is 3.73. The van der Waals surface area contributed by atoms with Crippen LogP contribution in [-0.2, 0) is 22.4 Å². The number of hydrogen-bond acceptors (Lipinski definition) is 4. The minimum absolute atomic E-state index is 0.196. The lowest BCUT2D eigenvalue weighted by atomic mass is 9.99. The van der Waals surface area contributed by atoms with Crippen LogP contribution in [0.5, 0.6) is 0 Å². The average molecular weight is 262 g/mol. The van der Waals surface area contributed by atoms with Gasteiger partial charge >= 0.3 is 0 Å². The molecule has 0 amide bonds. The number of para-hydroxylation sites is 1. The van der Waals surface area contributed by atoms with Crippen molar-refractivity contribution >= 4 is 5.69 Å². The van der Waals surface area contributed by atoms with E-state index < -0.39 is 0 Å². The van der Waals surface area contributed by atoms with E-state index >= 15 is 0 Å². The van der Waals surface area contributed by atoms with Crippen molar-refractivity contribution in [1.82, 2.24) is 5.32 Å². The molecular formula is C15H22N2O2. The number of anilines is 1. The molecule has 0 bridgehead atoms. The Hall–Kier alpha value is -1.10. The summed E-state index contributed by atoms with van der Waals surface area (Å²) in [6.45, 7) is 4.97. The van der Waals surface area contributed by atoms with Gasteiger partial charge in [-0.3, -0.25) is 0 Å². The minimum Gasteiger partial charge on any atom is -0.385 e. The SMILES string of the molecule is c1cc2c(c(CNCC3COCCO3)c1)NCCC2. The summed E-state index contributed by atoms with van der Waals surface area (Å²) in [4.78, 5) is 0. The Balaban J connectivity index is 1.54. The van der Waals surface area contributed by atoms with Crippen LogP contribution in [0.3, 0.4) is 0 Å². The topological polar surface area (TPSA) is 42.5 Å². The number of aryl methyl sites for hydroxylation is 1. The van der Waals surface area contributed by atoms with Gasteiger partial charge in [-0.2, -0.15) is 0 Å². The largest absolute Gasteiger partial charge is 0.385 e. The zero-order valence-electron chi connectivity index (χ0n) is 11.3. The molecule has 0 aliphatic carbocycles. The lowest BCUT2D eigenvalue weighted by Gasteiger charge is -2.24. The minimum atomic E-state index is 0.196. The molecule has 4 nitrogen and oxygen atoms in total. The summed E-state index contributed by atoms with van der Waals surface area (Å²) in [6, 6.07) is 6.58. The van der Waals surface area contributed by atoms with Gasteiger partial charge in [-0.05, 0) is 24.0 Å². The first-order chi connectivity index (χ1) is 9.43. The fourth-order valence-electron chi connectivity index (χ4n) is 2.75. The molecule has 4 heteroatoms. The average Bonchev–Trinajstić information content (AvgIpc) is 2.49. The highest BCUT2D eigenvalue weighted by Gasteiger charge is 2.15. The van der Waals surface area contributed by atoms with Crippen molar-refractivity contribution in [2.24, 2.45) is 0 Å². The molecule has 2 aliphatic rings. The van der Waals surface area contributed by atoms with Crippen molar-refractivity contribution in [3.63, 3.8) is 0 Å². The van der Waals surface area contributed by atoms with E-state index in [1.807, 2.05) is 0 Å². The second-order valence-electron chi connectivity index (χ2n) is 5.18. The summed E-state index contributed by atoms with van der Waals surface area (Å²) in [6.07, 6.45) is 2.62. The summed E-state index contributed by atoms with van der Waals surface area (Å²) in [5, 5.41) is 7.00. The molecule has 0 spiro atoms. The molecule has 1 aromatic rings. The maximum Gasteiger partial charge on any atom is 0.0933 e. The van der Waals surface area contributed by atoms with Crippen LogP contribution in [0.1, 0.15) is 17.5 Å². The normalized spacial score (nSPS) is 22.6. The number of rotatable bonds is 4. The fraction of sp³-hybridized carbons (Fsp3) is 0.600. The second kappa shape index (κ2) is 6.37. The molecular weight excluding hydrogens is 240 g/mol. The second-order valence-corrected chi connectivity index (χ2v) is 5.18. The van der Waals surface area contributed by atoms with E-state index in [-0.39, 0.29) is 6.10 Å². The molecule has 19 heavy (non-hydrogen) atoms. The number of benzene rings is 1. The van der Waals surface area contributed by atoms with E-state index in [4.69, 9.17) is 9.47 Å². The van der Waals surface area contributed by atoms with Crippen LogP contribution in [0, 0.1) is 0 Å². The Kier molecular flexibility index (Phi) is 4.33. The Morgan fingerprint density at radius 2 is 2.32 bits per heavy atom. The molecule has 1 aromatic carbocycles. The monoisotopic (exact) mass is 262 g/mol. The lowest BCUT2D eigenvalue weighted by molar-refractivity contribution is -0.0864. The van der Waals surface area contributed by atoms with E-state index in [2.05, 4.69) is 28.8 Å². The van der Waals surface area contributed by atoms with E-state index in [0.717, 1.165) is 26.2 Å². The number of ether oxygens (including phenoxy) is 2. The Bertz CT molecular complexity index is 417. The van der Waals surface area contributed by atoms with Crippen LogP contribution in [0.15, 0.2) is 18.2 Å². The van der Waals surface area contributed by atoms with Crippen LogP contribution in [0.2, 0.25) is 0 Å². The van der Waals surface area contributed by atoms with Crippen molar-refractivity contribution in [2.45, 2.75) is 25.5 Å². The molecule has 0 aromatic heterocycles. The first-order valence-electron chi connectivity index (χ1n) is 7.18. The quantitative estimate of drug-likeness (QED) is 0.864. The summed E-state index contributed by atoms with van der Waals surface area (Å²) < 4.78 is 11.0. The third-order valence-corrected chi connectivity index (χ3v) is 3.73. The maximum absolute atomic E-state index is 5.63. The van der Waals surface area contributed by atoms with Gasteiger partial charge in [0, 0.05) is 25.3 Å². The van der Waals surface area contributed by atoms with Gasteiger partial charge in [0.25, 0.3) is 0 Å². The molecule has 2 heterocycles. The van der Waals surface area contributed by atoms with Crippen molar-refractivity contribution in [3.8, 4) is 0 Å². The summed E-state index contributed by atoms with van der Waals surface area (Å²) in [7, 11) is 0. The van der Waals surface area contributed by atoms with Gasteiger partial charge in [-0.1, -0.05) is 18.2 Å². The molecule has 3 rings (SSSR count). The predicted molar refractivity (Wildman–Crippen MR) is 75.5 cm³/mol. The molecule has 1 atom stereocenters. The molecule has 104 valence electrons. The van der Waals surface area contributed by atoms with Crippen molar-refractivity contribution in [2.75, 3.05) is 38.2 Å². The van der Waals surface area contributed by atoms with Gasteiger partial charge in [-0.15, -0.1) is 0 Å². The molecule has 1 fully saturated rings. The number of hydrogen-bond donors (Lipinski definition) is 2. The molecule has 2 N–H and O–H groups in total. The predicted octanol–water partition coefficient (Wildman–Crippen LogP) is 1.55. The van der Waals surface area contributed by atoms with Gasteiger partial charge < -0.3 is 20.1 Å². The van der Waals surface area contributed by atoms with Crippen LogP contribution < -0.4 is 10.6 Å². The van der Waals surface area contributed by atoms with Crippen molar-refractivity contribution in [3.05, 3.63) is 29.3 Å². The van der Waals surface area contributed by atoms with E-state index in [0.29, 0.717) is 13.2 Å². The fourth-order valence-corrected chi connectivity index (χ4v) is 2.75. The van der Waals surface area contributed by atoms with Gasteiger partial charge in [-0.25, -0.2) is 0 Å². The number of nitrogens with one attached hydrogen (secondary N) is 2. The molecule has 0 saturated carbocycles. The van der Waals surface area contributed by atoms with Crippen LogP contribution in [0.25, 0.3) is 0 Å². The molecule has 1 unspecified atom stereocenters. The standard InChI is InChI=1S/C15H22N2O2/c1-3-12-5-2-6-17-15(12)13(4-1)9-16-10-14-11-18-7-8-19-14/h1,3-4,14,16-17H,2,5-11H2. The summed E-state index contributed by atoms with van der Waals surface area (Å²) in [5.74, 6) is 0. The molecule has 1 saturated heterocycles. The zero-order chi connectivity index (χ0) is 12.9. The van der Waals surface area contributed by atoms with Gasteiger partial charge in [0.1, 0.15) is 0 Å². The molecule has 2 aliphatic heterocycles. The smallest absolute Gasteiger partial charge is 0.0933 e. The number of fused-ring (bicyclic) bond motifs is 1. The van der Waals surface area contributed by atoms with Crippen LogP contribution in [-0.4, -0.2) is 39.0 Å². The highest BCUT2D eigenvalue weighted by Crippen LogP contribution is 2.25. The van der Waals surface area contributed by atoms with Crippen LogP contribution in [0.4, 0.5) is 5.69 Å². The van der Waals surface area contributed by atoms with Crippen LogP contribution >= 0.6 is 0 Å². The first kappa shape index (κ1) is 12.9. The van der Waals surface area contributed by atoms with Gasteiger partial charge in [0.2, 0.25) is 0 Å². The van der Waals surface area contributed by atoms with Gasteiger partial charge in [0.15, 0.2) is 0 Å². The maximum atomic E-state index is 5.63. The third kappa shape index (κ3) is 3.26. The highest BCUT2D eigenvalue weighted by molar-refractivity contribution is 5.59.